The molecule has 0 fully saturated rings. The predicted octanol–water partition coefficient (Wildman–Crippen LogP) is 2.28. The van der Waals surface area contributed by atoms with E-state index in [1.807, 2.05) is 12.4 Å². The first kappa shape index (κ1) is 13.0. The lowest BCUT2D eigenvalue weighted by atomic mass is 10.1. The monoisotopic (exact) mass is 243 g/mol. The standard InChI is InChI=1S/C15H21N3/c1-3-18(2)10-9-17-12-14-6-4-5-13-11-16-8-7-15(13)14/h4-8,11,17H,3,9-10,12H2,1-2H3. The van der Waals surface area contributed by atoms with Gasteiger partial charge in [0.15, 0.2) is 0 Å². The summed E-state index contributed by atoms with van der Waals surface area (Å²) in [5.74, 6) is 0. The number of rotatable bonds is 6. The van der Waals surface area contributed by atoms with Crippen molar-refractivity contribution in [2.45, 2.75) is 13.5 Å². The van der Waals surface area contributed by atoms with Crippen molar-refractivity contribution in [1.82, 2.24) is 15.2 Å². The van der Waals surface area contributed by atoms with Crippen molar-refractivity contribution in [2.24, 2.45) is 0 Å². The number of nitrogens with one attached hydrogen (secondary N) is 1. The van der Waals surface area contributed by atoms with E-state index in [1.54, 1.807) is 0 Å². The van der Waals surface area contributed by atoms with Crippen molar-refractivity contribution in [1.29, 1.82) is 0 Å². The Kier molecular flexibility index (Phi) is 4.67. The molecule has 2 aromatic rings. The summed E-state index contributed by atoms with van der Waals surface area (Å²) < 4.78 is 0. The summed E-state index contributed by atoms with van der Waals surface area (Å²) in [7, 11) is 2.14. The highest BCUT2D eigenvalue weighted by atomic mass is 15.1. The molecule has 2 rings (SSSR count). The van der Waals surface area contributed by atoms with Crippen molar-refractivity contribution < 1.29 is 0 Å². The lowest BCUT2D eigenvalue weighted by molar-refractivity contribution is 0.349. The lowest BCUT2D eigenvalue weighted by Crippen LogP contribution is -2.28. The lowest BCUT2D eigenvalue weighted by Gasteiger charge is -2.14. The molecular weight excluding hydrogens is 222 g/mol. The largest absolute Gasteiger partial charge is 0.311 e. The van der Waals surface area contributed by atoms with Crippen LogP contribution in [0.15, 0.2) is 36.7 Å². The molecule has 1 aromatic heterocycles. The van der Waals surface area contributed by atoms with Crippen molar-refractivity contribution in [3.05, 3.63) is 42.2 Å². The van der Waals surface area contributed by atoms with E-state index in [4.69, 9.17) is 0 Å². The Morgan fingerprint density at radius 3 is 3.00 bits per heavy atom. The molecule has 0 aliphatic carbocycles. The molecule has 0 atom stereocenters. The third kappa shape index (κ3) is 3.28. The maximum Gasteiger partial charge on any atom is 0.0346 e. The molecule has 0 saturated heterocycles. The molecule has 18 heavy (non-hydrogen) atoms. The van der Waals surface area contributed by atoms with Gasteiger partial charge in [-0.25, -0.2) is 0 Å². The number of aromatic nitrogens is 1. The van der Waals surface area contributed by atoms with Crippen molar-refractivity contribution in [3.8, 4) is 0 Å². The average Bonchev–Trinajstić information content (AvgIpc) is 2.43. The maximum absolute atomic E-state index is 4.16. The van der Waals surface area contributed by atoms with Gasteiger partial charge < -0.3 is 10.2 Å². The molecule has 0 aliphatic rings. The molecule has 0 radical (unpaired) electrons. The Bertz CT molecular complexity index is 491. The van der Waals surface area contributed by atoms with Gasteiger partial charge in [-0.05, 0) is 30.6 Å². The van der Waals surface area contributed by atoms with E-state index < -0.39 is 0 Å². The summed E-state index contributed by atoms with van der Waals surface area (Å²) in [5.41, 5.74) is 1.34. The van der Waals surface area contributed by atoms with Crippen LogP contribution >= 0.6 is 0 Å². The van der Waals surface area contributed by atoms with E-state index in [9.17, 15) is 0 Å². The molecular formula is C15H21N3. The molecule has 0 bridgehead atoms. The van der Waals surface area contributed by atoms with Gasteiger partial charge in [-0.3, -0.25) is 4.98 Å². The summed E-state index contributed by atoms with van der Waals surface area (Å²) in [4.78, 5) is 6.46. The third-order valence-corrected chi connectivity index (χ3v) is 3.30. The second-order valence-corrected chi connectivity index (χ2v) is 4.59. The average molecular weight is 243 g/mol. The van der Waals surface area contributed by atoms with E-state index in [0.717, 1.165) is 26.2 Å². The highest BCUT2D eigenvalue weighted by molar-refractivity contribution is 5.84. The number of fused-ring (bicyclic) bond motifs is 1. The first-order chi connectivity index (χ1) is 8.81. The van der Waals surface area contributed by atoms with Gasteiger partial charge in [-0.1, -0.05) is 25.1 Å². The topological polar surface area (TPSA) is 28.2 Å². The highest BCUT2D eigenvalue weighted by Crippen LogP contribution is 2.16. The molecule has 3 nitrogen and oxygen atoms in total. The van der Waals surface area contributed by atoms with Crippen LogP contribution in [0.25, 0.3) is 10.8 Å². The van der Waals surface area contributed by atoms with Crippen LogP contribution in [-0.2, 0) is 6.54 Å². The van der Waals surface area contributed by atoms with Gasteiger partial charge in [-0.2, -0.15) is 0 Å². The van der Waals surface area contributed by atoms with Gasteiger partial charge >= 0.3 is 0 Å². The molecule has 0 aliphatic heterocycles. The van der Waals surface area contributed by atoms with E-state index in [0.29, 0.717) is 0 Å². The van der Waals surface area contributed by atoms with E-state index in [-0.39, 0.29) is 0 Å². The molecule has 96 valence electrons. The van der Waals surface area contributed by atoms with Crippen molar-refractivity contribution >= 4 is 10.8 Å². The van der Waals surface area contributed by atoms with Crippen LogP contribution in [0, 0.1) is 0 Å². The number of benzene rings is 1. The summed E-state index contributed by atoms with van der Waals surface area (Å²) in [6, 6.07) is 8.47. The summed E-state index contributed by atoms with van der Waals surface area (Å²) in [6.07, 6.45) is 3.78. The van der Waals surface area contributed by atoms with Gasteiger partial charge in [-0.15, -0.1) is 0 Å². The van der Waals surface area contributed by atoms with Crippen LogP contribution in [0.2, 0.25) is 0 Å². The van der Waals surface area contributed by atoms with Crippen LogP contribution in [0.3, 0.4) is 0 Å². The fourth-order valence-electron chi connectivity index (χ4n) is 1.99. The van der Waals surface area contributed by atoms with Gasteiger partial charge in [0.2, 0.25) is 0 Å². The second-order valence-electron chi connectivity index (χ2n) is 4.59. The number of hydrogen-bond acceptors (Lipinski definition) is 3. The molecule has 0 unspecified atom stereocenters. The molecule has 0 amide bonds. The number of likely N-dealkylation sites (N-methyl/N-ethyl adjacent to an activating group) is 1. The minimum absolute atomic E-state index is 0.916. The second kappa shape index (κ2) is 6.47. The van der Waals surface area contributed by atoms with Gasteiger partial charge in [0, 0.05) is 37.4 Å². The van der Waals surface area contributed by atoms with Crippen LogP contribution in [0.5, 0.6) is 0 Å². The molecule has 3 heteroatoms. The minimum atomic E-state index is 0.916. The van der Waals surface area contributed by atoms with E-state index in [1.165, 1.54) is 16.3 Å². The van der Waals surface area contributed by atoms with Gasteiger partial charge in [0.05, 0.1) is 0 Å². The molecule has 0 spiro atoms. The third-order valence-electron chi connectivity index (χ3n) is 3.30. The Morgan fingerprint density at radius 2 is 2.17 bits per heavy atom. The Labute approximate surface area is 109 Å². The molecule has 1 aromatic carbocycles. The fraction of sp³-hybridized carbons (Fsp3) is 0.400. The van der Waals surface area contributed by atoms with Crippen LogP contribution in [-0.4, -0.2) is 36.6 Å². The number of hydrogen-bond donors (Lipinski definition) is 1. The summed E-state index contributed by atoms with van der Waals surface area (Å²) in [5, 5.41) is 6.00. The maximum atomic E-state index is 4.16. The Morgan fingerprint density at radius 1 is 1.28 bits per heavy atom. The zero-order chi connectivity index (χ0) is 12.8. The van der Waals surface area contributed by atoms with Crippen LogP contribution in [0.1, 0.15) is 12.5 Å². The zero-order valence-corrected chi connectivity index (χ0v) is 11.2. The highest BCUT2D eigenvalue weighted by Gasteiger charge is 2.00. The first-order valence-electron chi connectivity index (χ1n) is 6.52. The van der Waals surface area contributed by atoms with Crippen molar-refractivity contribution in [2.75, 3.05) is 26.7 Å². The van der Waals surface area contributed by atoms with E-state index in [2.05, 4.69) is 53.4 Å². The van der Waals surface area contributed by atoms with Crippen LogP contribution in [0.4, 0.5) is 0 Å². The Balaban J connectivity index is 1.95. The Hall–Kier alpha value is -1.45. The SMILES string of the molecule is CCN(C)CCNCc1cccc2cnccc12. The normalized spacial score (nSPS) is 11.3. The summed E-state index contributed by atoms with van der Waals surface area (Å²) >= 11 is 0. The van der Waals surface area contributed by atoms with Crippen molar-refractivity contribution in [3.63, 3.8) is 0 Å². The molecule has 1 heterocycles. The summed E-state index contributed by atoms with van der Waals surface area (Å²) in [6.45, 7) is 6.30. The molecule has 1 N–H and O–H groups in total. The fourth-order valence-corrected chi connectivity index (χ4v) is 1.99. The smallest absolute Gasteiger partial charge is 0.0346 e. The quantitative estimate of drug-likeness (QED) is 0.789. The minimum Gasteiger partial charge on any atom is -0.311 e. The van der Waals surface area contributed by atoms with Gasteiger partial charge in [0.1, 0.15) is 0 Å². The van der Waals surface area contributed by atoms with Gasteiger partial charge in [0.25, 0.3) is 0 Å². The first-order valence-corrected chi connectivity index (χ1v) is 6.52. The molecule has 0 saturated carbocycles. The number of pyridine rings is 1. The zero-order valence-electron chi connectivity index (χ0n) is 11.2. The number of nitrogens with zero attached hydrogens (tertiary/aromatic N) is 2. The van der Waals surface area contributed by atoms with Crippen LogP contribution < -0.4 is 5.32 Å². The van der Waals surface area contributed by atoms with E-state index >= 15 is 0 Å². The predicted molar refractivity (Wildman–Crippen MR) is 76.6 cm³/mol.